The van der Waals surface area contributed by atoms with Gasteiger partial charge in [0.1, 0.15) is 10.8 Å². The number of imidazole rings is 1. The topological polar surface area (TPSA) is 54.5 Å². The average molecular weight is 447 g/mol. The van der Waals surface area contributed by atoms with Crippen LogP contribution in [-0.4, -0.2) is 19.9 Å². The van der Waals surface area contributed by atoms with Crippen molar-refractivity contribution in [2.75, 3.05) is 0 Å². The summed E-state index contributed by atoms with van der Waals surface area (Å²) in [7, 11) is 0. The van der Waals surface area contributed by atoms with Crippen LogP contribution in [-0.2, 0) is 6.42 Å². The van der Waals surface area contributed by atoms with Crippen LogP contribution >= 0.6 is 34.5 Å². The molecule has 0 aliphatic carbocycles. The molecule has 4 nitrogen and oxygen atoms in total. The van der Waals surface area contributed by atoms with Crippen LogP contribution in [0.15, 0.2) is 35.7 Å². The number of fused-ring (bicyclic) bond motifs is 1. The van der Waals surface area contributed by atoms with E-state index in [0.29, 0.717) is 16.6 Å². The van der Waals surface area contributed by atoms with Crippen LogP contribution in [0.1, 0.15) is 43.3 Å². The number of nitrogens with zero attached hydrogens (tertiary/aromatic N) is 3. The molecule has 0 radical (unpaired) electrons. The minimum atomic E-state index is 0.427. The predicted molar refractivity (Wildman–Crippen MR) is 124 cm³/mol. The van der Waals surface area contributed by atoms with Crippen LogP contribution in [0.2, 0.25) is 10.2 Å². The molecule has 152 valence electrons. The fraction of sp³-hybridized carbons (Fsp3) is 0.318. The van der Waals surface area contributed by atoms with Gasteiger partial charge < -0.3 is 4.98 Å². The van der Waals surface area contributed by atoms with Gasteiger partial charge >= 0.3 is 0 Å². The number of benzene rings is 1. The normalized spacial score (nSPS) is 11.0. The van der Waals surface area contributed by atoms with Crippen LogP contribution in [0.4, 0.5) is 0 Å². The Kier molecular flexibility index (Phi) is 7.28. The smallest absolute Gasteiger partial charge is 0.179 e. The Bertz CT molecular complexity index is 1100. The predicted octanol–water partition coefficient (Wildman–Crippen LogP) is 7.34. The molecule has 1 aromatic carbocycles. The van der Waals surface area contributed by atoms with E-state index in [1.807, 2.05) is 29.6 Å². The highest BCUT2D eigenvalue weighted by Gasteiger charge is 2.12. The van der Waals surface area contributed by atoms with Crippen molar-refractivity contribution in [3.63, 3.8) is 0 Å². The largest absolute Gasteiger partial charge is 0.335 e. The van der Waals surface area contributed by atoms with Gasteiger partial charge in [0, 0.05) is 16.8 Å². The highest BCUT2D eigenvalue weighted by molar-refractivity contribution is 7.10. The third-order valence-corrected chi connectivity index (χ3v) is 5.87. The van der Waals surface area contributed by atoms with Crippen LogP contribution in [0.25, 0.3) is 22.7 Å². The number of aryl methyl sites for hydroxylation is 1. The molecule has 0 bridgehead atoms. The molecule has 0 saturated heterocycles. The lowest BCUT2D eigenvalue weighted by Gasteiger charge is -2.03. The standard InChI is InChI=1S/C17H12Cl2N4S.C5H12/c1-9-2-3-11(18)6-10(9)7-15-20-13(8-24-15)17-21-12-4-5-14(19)22-16(12)23-17;1-4-5(2)3/h2-6,8H,7H2,1H3,(H,21,22,23);5H,4H2,1-3H3. The maximum absolute atomic E-state index is 6.09. The van der Waals surface area contributed by atoms with Gasteiger partial charge in [-0.3, -0.25) is 0 Å². The number of aromatic nitrogens is 4. The average Bonchev–Trinajstić information content (AvgIpc) is 3.31. The molecule has 3 aromatic heterocycles. The minimum Gasteiger partial charge on any atom is -0.335 e. The van der Waals surface area contributed by atoms with E-state index in [1.54, 1.807) is 17.4 Å². The van der Waals surface area contributed by atoms with E-state index in [4.69, 9.17) is 23.2 Å². The third-order valence-electron chi connectivity index (χ3n) is 4.58. The third kappa shape index (κ3) is 5.78. The molecule has 0 spiro atoms. The summed E-state index contributed by atoms with van der Waals surface area (Å²) in [4.78, 5) is 16.6. The number of aromatic amines is 1. The van der Waals surface area contributed by atoms with Gasteiger partial charge in [0.15, 0.2) is 11.5 Å². The zero-order chi connectivity index (χ0) is 21.0. The Balaban J connectivity index is 0.000000431. The van der Waals surface area contributed by atoms with Gasteiger partial charge in [0.05, 0.1) is 10.5 Å². The molecular formula is C22H24Cl2N4S. The molecule has 1 N–H and O–H groups in total. The number of rotatable bonds is 4. The van der Waals surface area contributed by atoms with E-state index in [1.165, 1.54) is 17.5 Å². The Morgan fingerprint density at radius 3 is 2.55 bits per heavy atom. The fourth-order valence-corrected chi connectivity index (χ4v) is 3.62. The molecular weight excluding hydrogens is 423 g/mol. The number of hydrogen-bond acceptors (Lipinski definition) is 4. The number of pyridine rings is 1. The summed E-state index contributed by atoms with van der Waals surface area (Å²) >= 11 is 13.6. The van der Waals surface area contributed by atoms with Gasteiger partial charge in [0.2, 0.25) is 0 Å². The minimum absolute atomic E-state index is 0.427. The van der Waals surface area contributed by atoms with Crippen molar-refractivity contribution in [2.24, 2.45) is 5.92 Å². The van der Waals surface area contributed by atoms with Gasteiger partial charge in [-0.15, -0.1) is 11.3 Å². The van der Waals surface area contributed by atoms with Crippen molar-refractivity contribution < 1.29 is 0 Å². The van der Waals surface area contributed by atoms with Crippen LogP contribution in [0.3, 0.4) is 0 Å². The maximum Gasteiger partial charge on any atom is 0.179 e. The van der Waals surface area contributed by atoms with Crippen molar-refractivity contribution in [3.8, 4) is 11.5 Å². The number of H-pyrrole nitrogens is 1. The second-order valence-corrected chi connectivity index (χ2v) is 9.03. The summed E-state index contributed by atoms with van der Waals surface area (Å²) in [5.41, 5.74) is 4.64. The molecule has 0 atom stereocenters. The number of nitrogens with one attached hydrogen (secondary N) is 1. The molecule has 0 aliphatic heterocycles. The quantitative estimate of drug-likeness (QED) is 0.333. The molecule has 0 saturated carbocycles. The Hall–Kier alpha value is -1.95. The number of hydrogen-bond donors (Lipinski definition) is 1. The molecule has 0 aliphatic rings. The van der Waals surface area contributed by atoms with Gasteiger partial charge in [-0.05, 0) is 48.2 Å². The molecule has 29 heavy (non-hydrogen) atoms. The first-order valence-electron chi connectivity index (χ1n) is 9.57. The molecule has 4 rings (SSSR count). The Morgan fingerprint density at radius 1 is 1.07 bits per heavy atom. The van der Waals surface area contributed by atoms with Gasteiger partial charge in [0.25, 0.3) is 0 Å². The molecule has 0 amide bonds. The van der Waals surface area contributed by atoms with Crippen LogP contribution < -0.4 is 0 Å². The van der Waals surface area contributed by atoms with E-state index in [2.05, 4.69) is 47.6 Å². The maximum atomic E-state index is 6.09. The lowest BCUT2D eigenvalue weighted by atomic mass is 10.1. The fourth-order valence-electron chi connectivity index (χ4n) is 2.49. The van der Waals surface area contributed by atoms with E-state index in [0.717, 1.165) is 33.6 Å². The highest BCUT2D eigenvalue weighted by Crippen LogP contribution is 2.25. The van der Waals surface area contributed by atoms with Crippen LogP contribution in [0, 0.1) is 12.8 Å². The highest BCUT2D eigenvalue weighted by atomic mass is 35.5. The van der Waals surface area contributed by atoms with E-state index < -0.39 is 0 Å². The first-order valence-corrected chi connectivity index (χ1v) is 11.2. The summed E-state index contributed by atoms with van der Waals surface area (Å²) in [5, 5.41) is 4.18. The first kappa shape index (κ1) is 21.8. The van der Waals surface area contributed by atoms with Gasteiger partial charge in [-0.25, -0.2) is 15.0 Å². The van der Waals surface area contributed by atoms with Crippen molar-refractivity contribution in [1.82, 2.24) is 19.9 Å². The summed E-state index contributed by atoms with van der Waals surface area (Å²) in [6, 6.07) is 9.52. The monoisotopic (exact) mass is 446 g/mol. The lowest BCUT2D eigenvalue weighted by Crippen LogP contribution is -1.91. The second kappa shape index (κ2) is 9.70. The van der Waals surface area contributed by atoms with E-state index in [-0.39, 0.29) is 0 Å². The lowest BCUT2D eigenvalue weighted by molar-refractivity contribution is 0.626. The van der Waals surface area contributed by atoms with Crippen molar-refractivity contribution in [1.29, 1.82) is 0 Å². The molecule has 0 unspecified atom stereocenters. The van der Waals surface area contributed by atoms with Gasteiger partial charge in [-0.2, -0.15) is 0 Å². The van der Waals surface area contributed by atoms with Crippen molar-refractivity contribution >= 4 is 45.7 Å². The second-order valence-electron chi connectivity index (χ2n) is 7.27. The summed E-state index contributed by atoms with van der Waals surface area (Å²) < 4.78 is 0. The summed E-state index contributed by atoms with van der Waals surface area (Å²) in [5.74, 6) is 1.58. The molecule has 4 aromatic rings. The Labute approximate surface area is 185 Å². The SMILES string of the molecule is CCC(C)C.Cc1ccc(Cl)cc1Cc1nc(-c2nc3nc(Cl)ccc3[nH]2)cs1. The Morgan fingerprint density at radius 2 is 1.83 bits per heavy atom. The summed E-state index contributed by atoms with van der Waals surface area (Å²) in [6.45, 7) is 8.72. The number of halogens is 2. The van der Waals surface area contributed by atoms with E-state index in [9.17, 15) is 0 Å². The van der Waals surface area contributed by atoms with Gasteiger partial charge in [-0.1, -0.05) is 56.5 Å². The summed E-state index contributed by atoms with van der Waals surface area (Å²) in [6.07, 6.45) is 2.06. The molecule has 3 heterocycles. The zero-order valence-electron chi connectivity index (χ0n) is 17.0. The molecule has 7 heteroatoms. The molecule has 0 fully saturated rings. The van der Waals surface area contributed by atoms with Crippen molar-refractivity contribution in [3.05, 3.63) is 62.0 Å². The van der Waals surface area contributed by atoms with Crippen molar-refractivity contribution in [2.45, 2.75) is 40.5 Å². The van der Waals surface area contributed by atoms with E-state index >= 15 is 0 Å². The zero-order valence-corrected chi connectivity index (χ0v) is 19.3. The number of thiazole rings is 1. The van der Waals surface area contributed by atoms with Crippen LogP contribution in [0.5, 0.6) is 0 Å². The first-order chi connectivity index (χ1) is 13.9.